The van der Waals surface area contributed by atoms with Gasteiger partial charge in [0.15, 0.2) is 0 Å². The highest BCUT2D eigenvalue weighted by molar-refractivity contribution is 5.98. The Morgan fingerprint density at radius 1 is 0.960 bits per heavy atom. The number of rotatable bonds is 7. The van der Waals surface area contributed by atoms with Gasteiger partial charge in [0, 0.05) is 5.57 Å². The SMILES string of the molecule is COC(=O)CC(=Cc1ccc(OC)cc1)C(=O)OCc1ccccc1. The molecular formula is C20H20O5. The number of hydrogen-bond donors (Lipinski definition) is 0. The molecule has 0 unspecified atom stereocenters. The van der Waals surface area contributed by atoms with E-state index in [2.05, 4.69) is 4.74 Å². The van der Waals surface area contributed by atoms with E-state index in [-0.39, 0.29) is 18.6 Å². The third-order valence-electron chi connectivity index (χ3n) is 3.49. The van der Waals surface area contributed by atoms with Gasteiger partial charge in [-0.05, 0) is 29.3 Å². The molecule has 0 saturated carbocycles. The fourth-order valence-corrected chi connectivity index (χ4v) is 2.13. The van der Waals surface area contributed by atoms with Crippen molar-refractivity contribution in [1.29, 1.82) is 0 Å². The maximum atomic E-state index is 12.4. The van der Waals surface area contributed by atoms with E-state index in [4.69, 9.17) is 9.47 Å². The summed E-state index contributed by atoms with van der Waals surface area (Å²) in [5, 5.41) is 0. The van der Waals surface area contributed by atoms with Crippen LogP contribution in [0.5, 0.6) is 5.75 Å². The van der Waals surface area contributed by atoms with E-state index in [1.807, 2.05) is 30.3 Å². The molecule has 5 nitrogen and oxygen atoms in total. The second-order valence-electron chi connectivity index (χ2n) is 5.26. The summed E-state index contributed by atoms with van der Waals surface area (Å²) in [4.78, 5) is 24.0. The van der Waals surface area contributed by atoms with E-state index in [1.54, 1.807) is 37.5 Å². The molecule has 0 bridgehead atoms. The van der Waals surface area contributed by atoms with Crippen LogP contribution < -0.4 is 4.74 Å². The van der Waals surface area contributed by atoms with E-state index < -0.39 is 11.9 Å². The Balaban J connectivity index is 2.14. The van der Waals surface area contributed by atoms with Crippen molar-refractivity contribution in [3.05, 3.63) is 71.3 Å². The quantitative estimate of drug-likeness (QED) is 0.571. The van der Waals surface area contributed by atoms with Crippen molar-refractivity contribution in [1.82, 2.24) is 0 Å². The molecule has 0 N–H and O–H groups in total. The zero-order valence-corrected chi connectivity index (χ0v) is 14.2. The molecule has 0 aliphatic heterocycles. The van der Waals surface area contributed by atoms with Crippen LogP contribution in [0.2, 0.25) is 0 Å². The van der Waals surface area contributed by atoms with Crippen molar-refractivity contribution in [2.75, 3.05) is 14.2 Å². The normalized spacial score (nSPS) is 10.9. The van der Waals surface area contributed by atoms with Crippen molar-refractivity contribution >= 4 is 18.0 Å². The molecule has 0 atom stereocenters. The molecule has 2 rings (SSSR count). The van der Waals surface area contributed by atoms with Gasteiger partial charge < -0.3 is 14.2 Å². The predicted octanol–water partition coefficient (Wildman–Crippen LogP) is 3.39. The summed E-state index contributed by atoms with van der Waals surface area (Å²) in [6.07, 6.45) is 1.46. The first-order valence-corrected chi connectivity index (χ1v) is 7.75. The summed E-state index contributed by atoms with van der Waals surface area (Å²) in [7, 11) is 2.86. The van der Waals surface area contributed by atoms with Crippen LogP contribution in [0, 0.1) is 0 Å². The molecule has 0 radical (unpaired) electrons. The van der Waals surface area contributed by atoms with E-state index in [0.717, 1.165) is 11.1 Å². The smallest absolute Gasteiger partial charge is 0.334 e. The predicted molar refractivity (Wildman–Crippen MR) is 93.8 cm³/mol. The van der Waals surface area contributed by atoms with Gasteiger partial charge in [-0.1, -0.05) is 42.5 Å². The molecule has 2 aromatic rings. The minimum absolute atomic E-state index is 0.140. The van der Waals surface area contributed by atoms with Crippen LogP contribution in [-0.2, 0) is 25.7 Å². The van der Waals surface area contributed by atoms with Gasteiger partial charge in [-0.3, -0.25) is 4.79 Å². The fraction of sp³-hybridized carbons (Fsp3) is 0.200. The standard InChI is InChI=1S/C20H20O5/c1-23-18-10-8-15(9-11-18)12-17(13-19(21)24-2)20(22)25-14-16-6-4-3-5-7-16/h3-12H,13-14H2,1-2H3. The molecule has 0 amide bonds. The third-order valence-corrected chi connectivity index (χ3v) is 3.49. The number of hydrogen-bond acceptors (Lipinski definition) is 5. The Hall–Kier alpha value is -3.08. The maximum absolute atomic E-state index is 12.4. The number of ether oxygens (including phenoxy) is 3. The molecule has 0 aliphatic carbocycles. The summed E-state index contributed by atoms with van der Waals surface area (Å²) >= 11 is 0. The number of carbonyl (C=O) groups excluding carboxylic acids is 2. The molecule has 2 aromatic carbocycles. The van der Waals surface area contributed by atoms with Gasteiger partial charge in [0.05, 0.1) is 20.6 Å². The Morgan fingerprint density at radius 2 is 1.64 bits per heavy atom. The summed E-state index contributed by atoms with van der Waals surface area (Å²) in [5.74, 6) is -0.347. The first-order valence-electron chi connectivity index (χ1n) is 7.75. The molecule has 0 heterocycles. The van der Waals surface area contributed by atoms with Crippen LogP contribution in [0.25, 0.3) is 6.08 Å². The van der Waals surface area contributed by atoms with Crippen molar-refractivity contribution < 1.29 is 23.8 Å². The van der Waals surface area contributed by atoms with Crippen LogP contribution in [0.4, 0.5) is 0 Å². The zero-order valence-electron chi connectivity index (χ0n) is 14.2. The minimum Gasteiger partial charge on any atom is -0.497 e. The molecule has 5 heteroatoms. The van der Waals surface area contributed by atoms with E-state index in [9.17, 15) is 9.59 Å². The number of carbonyl (C=O) groups is 2. The maximum Gasteiger partial charge on any atom is 0.334 e. The van der Waals surface area contributed by atoms with Crippen molar-refractivity contribution in [3.63, 3.8) is 0 Å². The largest absolute Gasteiger partial charge is 0.497 e. The van der Waals surface area contributed by atoms with Crippen LogP contribution in [0.3, 0.4) is 0 Å². The van der Waals surface area contributed by atoms with Crippen LogP contribution in [-0.4, -0.2) is 26.2 Å². The monoisotopic (exact) mass is 340 g/mol. The highest BCUT2D eigenvalue weighted by Crippen LogP contribution is 2.17. The second kappa shape index (κ2) is 9.27. The molecule has 130 valence electrons. The van der Waals surface area contributed by atoms with Crippen molar-refractivity contribution in [3.8, 4) is 5.75 Å². The molecule has 0 aliphatic rings. The fourth-order valence-electron chi connectivity index (χ4n) is 2.13. The Kier molecular flexibility index (Phi) is 6.77. The highest BCUT2D eigenvalue weighted by Gasteiger charge is 2.16. The van der Waals surface area contributed by atoms with Gasteiger partial charge in [-0.25, -0.2) is 4.79 Å². The Bertz CT molecular complexity index is 732. The van der Waals surface area contributed by atoms with Crippen LogP contribution >= 0.6 is 0 Å². The third kappa shape index (κ3) is 5.80. The first-order chi connectivity index (χ1) is 12.1. The molecule has 0 fully saturated rings. The number of methoxy groups -OCH3 is 2. The Morgan fingerprint density at radius 3 is 2.24 bits per heavy atom. The van der Waals surface area contributed by atoms with Crippen molar-refractivity contribution in [2.24, 2.45) is 0 Å². The van der Waals surface area contributed by atoms with E-state index in [0.29, 0.717) is 5.75 Å². The van der Waals surface area contributed by atoms with Crippen LogP contribution in [0.15, 0.2) is 60.2 Å². The average Bonchev–Trinajstić information content (AvgIpc) is 2.66. The first kappa shape index (κ1) is 18.3. The summed E-state index contributed by atoms with van der Waals surface area (Å²) in [6, 6.07) is 16.5. The van der Waals surface area contributed by atoms with Crippen molar-refractivity contribution in [2.45, 2.75) is 13.0 Å². The van der Waals surface area contributed by atoms with Gasteiger partial charge in [0.25, 0.3) is 0 Å². The zero-order chi connectivity index (χ0) is 18.1. The number of esters is 2. The molecular weight excluding hydrogens is 320 g/mol. The van der Waals surface area contributed by atoms with Crippen LogP contribution in [0.1, 0.15) is 17.5 Å². The molecule has 25 heavy (non-hydrogen) atoms. The van der Waals surface area contributed by atoms with Gasteiger partial charge in [-0.2, -0.15) is 0 Å². The summed E-state index contributed by atoms with van der Waals surface area (Å²) < 4.78 is 15.1. The molecule has 0 aromatic heterocycles. The van der Waals surface area contributed by atoms with Gasteiger partial charge in [0.1, 0.15) is 12.4 Å². The minimum atomic E-state index is -0.551. The average molecular weight is 340 g/mol. The van der Waals surface area contributed by atoms with E-state index in [1.165, 1.54) is 7.11 Å². The highest BCUT2D eigenvalue weighted by atomic mass is 16.5. The topological polar surface area (TPSA) is 61.8 Å². The second-order valence-corrected chi connectivity index (χ2v) is 5.26. The Labute approximate surface area is 146 Å². The lowest BCUT2D eigenvalue weighted by Crippen LogP contribution is -2.12. The summed E-state index contributed by atoms with van der Waals surface area (Å²) in [6.45, 7) is 0.140. The van der Waals surface area contributed by atoms with E-state index >= 15 is 0 Å². The number of benzene rings is 2. The lowest BCUT2D eigenvalue weighted by molar-refractivity contribution is -0.145. The lowest BCUT2D eigenvalue weighted by atomic mass is 10.1. The molecule has 0 saturated heterocycles. The summed E-state index contributed by atoms with van der Waals surface area (Å²) in [5.41, 5.74) is 1.86. The van der Waals surface area contributed by atoms with Gasteiger partial charge >= 0.3 is 11.9 Å². The lowest BCUT2D eigenvalue weighted by Gasteiger charge is -2.08. The van der Waals surface area contributed by atoms with Gasteiger partial charge in [-0.15, -0.1) is 0 Å². The van der Waals surface area contributed by atoms with Gasteiger partial charge in [0.2, 0.25) is 0 Å². The molecule has 0 spiro atoms.